The molecule has 29 heavy (non-hydrogen) atoms. The molecule has 154 valence electrons. The summed E-state index contributed by atoms with van der Waals surface area (Å²) < 4.78 is 11.1. The van der Waals surface area contributed by atoms with E-state index in [1.165, 1.54) is 6.26 Å². The molecular weight excluding hydrogens is 368 g/mol. The highest BCUT2D eigenvalue weighted by molar-refractivity contribution is 5.92. The van der Waals surface area contributed by atoms with Crippen LogP contribution in [0.5, 0.6) is 0 Å². The number of guanidine groups is 1. The third-order valence-corrected chi connectivity index (χ3v) is 4.52. The fourth-order valence-corrected chi connectivity index (χ4v) is 3.04. The lowest BCUT2D eigenvalue weighted by atomic mass is 10.2. The second-order valence-corrected chi connectivity index (χ2v) is 6.88. The standard InChI is InChI=1S/C22H28N4O3/c1-4-23-22(25-12-7-11-24-21(27)20-16(2)10-13-28-20)26(3)15-18-14-17-8-5-6-9-19(17)29-18/h5-6,8-10,13-14H,4,7,11-12,15H2,1-3H3,(H,23,25)(H,24,27). The number of para-hydroxylation sites is 1. The van der Waals surface area contributed by atoms with Gasteiger partial charge in [0.25, 0.3) is 5.91 Å². The summed E-state index contributed by atoms with van der Waals surface area (Å²) in [5.41, 5.74) is 1.72. The highest BCUT2D eigenvalue weighted by Gasteiger charge is 2.12. The average molecular weight is 396 g/mol. The predicted molar refractivity (Wildman–Crippen MR) is 114 cm³/mol. The van der Waals surface area contributed by atoms with E-state index < -0.39 is 0 Å². The molecule has 3 rings (SSSR count). The second-order valence-electron chi connectivity index (χ2n) is 6.88. The van der Waals surface area contributed by atoms with Crippen molar-refractivity contribution < 1.29 is 13.6 Å². The summed E-state index contributed by atoms with van der Waals surface area (Å²) in [4.78, 5) is 18.7. The van der Waals surface area contributed by atoms with E-state index in [1.54, 1.807) is 6.07 Å². The van der Waals surface area contributed by atoms with Crippen LogP contribution in [0.2, 0.25) is 0 Å². The molecule has 2 heterocycles. The van der Waals surface area contributed by atoms with E-state index in [0.29, 0.717) is 25.4 Å². The second kappa shape index (κ2) is 9.82. The highest BCUT2D eigenvalue weighted by Crippen LogP contribution is 2.19. The predicted octanol–water partition coefficient (Wildman–Crippen LogP) is 3.55. The Hall–Kier alpha value is -3.22. The maximum Gasteiger partial charge on any atom is 0.287 e. The maximum atomic E-state index is 12.0. The van der Waals surface area contributed by atoms with E-state index in [1.807, 2.05) is 50.1 Å². The van der Waals surface area contributed by atoms with Crippen LogP contribution in [0, 0.1) is 6.92 Å². The summed E-state index contributed by atoms with van der Waals surface area (Å²) >= 11 is 0. The molecule has 0 fully saturated rings. The minimum Gasteiger partial charge on any atom is -0.459 e. The van der Waals surface area contributed by atoms with Gasteiger partial charge in [0.1, 0.15) is 11.3 Å². The van der Waals surface area contributed by atoms with Gasteiger partial charge in [-0.1, -0.05) is 18.2 Å². The number of hydrogen-bond donors (Lipinski definition) is 2. The number of hydrogen-bond acceptors (Lipinski definition) is 4. The number of nitrogens with zero attached hydrogens (tertiary/aromatic N) is 2. The number of aryl methyl sites for hydroxylation is 1. The Kier molecular flexibility index (Phi) is 6.94. The molecule has 0 saturated heterocycles. The first-order valence-electron chi connectivity index (χ1n) is 9.87. The van der Waals surface area contributed by atoms with Crippen LogP contribution in [-0.4, -0.2) is 43.4 Å². The topological polar surface area (TPSA) is 83.0 Å². The van der Waals surface area contributed by atoms with Crippen LogP contribution in [-0.2, 0) is 6.54 Å². The van der Waals surface area contributed by atoms with Gasteiger partial charge in [-0.3, -0.25) is 9.79 Å². The summed E-state index contributed by atoms with van der Waals surface area (Å²) in [5.74, 6) is 1.87. The van der Waals surface area contributed by atoms with Gasteiger partial charge >= 0.3 is 0 Å². The number of carbonyl (C=O) groups excluding carboxylic acids is 1. The highest BCUT2D eigenvalue weighted by atomic mass is 16.3. The normalized spacial score (nSPS) is 11.6. The molecule has 0 spiro atoms. The van der Waals surface area contributed by atoms with Crippen molar-refractivity contribution in [3.05, 3.63) is 59.7 Å². The van der Waals surface area contributed by atoms with Crippen LogP contribution in [0.3, 0.4) is 0 Å². The Morgan fingerprint density at radius 1 is 1.21 bits per heavy atom. The Balaban J connectivity index is 1.50. The van der Waals surface area contributed by atoms with Crippen molar-refractivity contribution in [1.82, 2.24) is 15.5 Å². The smallest absolute Gasteiger partial charge is 0.287 e. The molecule has 0 unspecified atom stereocenters. The van der Waals surface area contributed by atoms with Crippen molar-refractivity contribution in [2.24, 2.45) is 4.99 Å². The largest absolute Gasteiger partial charge is 0.459 e. The van der Waals surface area contributed by atoms with Crippen LogP contribution in [0.4, 0.5) is 0 Å². The average Bonchev–Trinajstić information content (AvgIpc) is 3.31. The molecule has 0 bridgehead atoms. The molecule has 0 saturated carbocycles. The number of furan rings is 2. The van der Waals surface area contributed by atoms with Crippen LogP contribution in [0.15, 0.2) is 56.5 Å². The van der Waals surface area contributed by atoms with E-state index in [0.717, 1.165) is 41.2 Å². The first-order chi connectivity index (χ1) is 14.1. The number of benzene rings is 1. The lowest BCUT2D eigenvalue weighted by Gasteiger charge is -2.21. The van der Waals surface area contributed by atoms with Gasteiger partial charge in [-0.15, -0.1) is 0 Å². The minimum absolute atomic E-state index is 0.189. The number of rotatable bonds is 8. The molecule has 0 radical (unpaired) electrons. The minimum atomic E-state index is -0.189. The summed E-state index contributed by atoms with van der Waals surface area (Å²) in [6.45, 7) is 6.42. The molecule has 2 N–H and O–H groups in total. The lowest BCUT2D eigenvalue weighted by Crippen LogP contribution is -2.38. The van der Waals surface area contributed by atoms with Crippen LogP contribution < -0.4 is 10.6 Å². The van der Waals surface area contributed by atoms with Gasteiger partial charge in [-0.25, -0.2) is 0 Å². The van der Waals surface area contributed by atoms with Crippen molar-refractivity contribution in [3.63, 3.8) is 0 Å². The van der Waals surface area contributed by atoms with Gasteiger partial charge < -0.3 is 24.4 Å². The third-order valence-electron chi connectivity index (χ3n) is 4.52. The molecular formula is C22H28N4O3. The van der Waals surface area contributed by atoms with Gasteiger partial charge in [-0.2, -0.15) is 0 Å². The Morgan fingerprint density at radius 3 is 2.76 bits per heavy atom. The molecule has 1 amide bonds. The van der Waals surface area contributed by atoms with E-state index in [-0.39, 0.29) is 5.91 Å². The SMILES string of the molecule is CCNC(=NCCCNC(=O)c1occc1C)N(C)Cc1cc2ccccc2o1. The van der Waals surface area contributed by atoms with E-state index in [2.05, 4.69) is 21.7 Å². The van der Waals surface area contributed by atoms with Crippen molar-refractivity contribution in [1.29, 1.82) is 0 Å². The fourth-order valence-electron chi connectivity index (χ4n) is 3.04. The Bertz CT molecular complexity index is 940. The van der Waals surface area contributed by atoms with E-state index in [9.17, 15) is 4.79 Å². The third kappa shape index (κ3) is 5.40. The number of aliphatic imine (C=N–C) groups is 1. The molecule has 1 aromatic carbocycles. The summed E-state index contributed by atoms with van der Waals surface area (Å²) in [7, 11) is 1.98. The van der Waals surface area contributed by atoms with Crippen LogP contribution in [0.25, 0.3) is 11.0 Å². The van der Waals surface area contributed by atoms with E-state index in [4.69, 9.17) is 8.83 Å². The van der Waals surface area contributed by atoms with Crippen LogP contribution >= 0.6 is 0 Å². The zero-order valence-electron chi connectivity index (χ0n) is 17.2. The zero-order valence-corrected chi connectivity index (χ0v) is 17.2. The molecule has 0 atom stereocenters. The molecule has 0 aliphatic heterocycles. The Morgan fingerprint density at radius 2 is 2.03 bits per heavy atom. The van der Waals surface area contributed by atoms with Crippen molar-refractivity contribution in [2.75, 3.05) is 26.7 Å². The Labute approximate surface area is 170 Å². The van der Waals surface area contributed by atoms with Crippen LogP contribution in [0.1, 0.15) is 35.2 Å². The van der Waals surface area contributed by atoms with Gasteiger partial charge in [0.2, 0.25) is 0 Å². The fraction of sp³-hybridized carbons (Fsp3) is 0.364. The summed E-state index contributed by atoms with van der Waals surface area (Å²) in [6.07, 6.45) is 2.26. The number of carbonyl (C=O) groups is 1. The number of fused-ring (bicyclic) bond motifs is 1. The quantitative estimate of drug-likeness (QED) is 0.346. The van der Waals surface area contributed by atoms with Gasteiger partial charge in [-0.05, 0) is 38.5 Å². The van der Waals surface area contributed by atoms with Crippen molar-refractivity contribution in [2.45, 2.75) is 26.8 Å². The first kappa shape index (κ1) is 20.5. The molecule has 2 aromatic heterocycles. The van der Waals surface area contributed by atoms with E-state index >= 15 is 0 Å². The molecule has 0 aliphatic carbocycles. The van der Waals surface area contributed by atoms with Gasteiger partial charge in [0.05, 0.1) is 12.8 Å². The van der Waals surface area contributed by atoms with Crippen molar-refractivity contribution >= 4 is 22.8 Å². The van der Waals surface area contributed by atoms with Gasteiger partial charge in [0.15, 0.2) is 11.7 Å². The molecule has 7 heteroatoms. The number of nitrogens with one attached hydrogen (secondary N) is 2. The maximum absolute atomic E-state index is 12.0. The lowest BCUT2D eigenvalue weighted by molar-refractivity contribution is 0.0925. The monoisotopic (exact) mass is 396 g/mol. The number of amides is 1. The molecule has 7 nitrogen and oxygen atoms in total. The van der Waals surface area contributed by atoms with Crippen molar-refractivity contribution in [3.8, 4) is 0 Å². The molecule has 0 aliphatic rings. The molecule has 3 aromatic rings. The summed E-state index contributed by atoms with van der Waals surface area (Å²) in [5, 5.41) is 7.26. The summed E-state index contributed by atoms with van der Waals surface area (Å²) in [6, 6.07) is 11.8. The first-order valence-corrected chi connectivity index (χ1v) is 9.87. The zero-order chi connectivity index (χ0) is 20.6. The van der Waals surface area contributed by atoms with Gasteiger partial charge in [0, 0.05) is 37.6 Å².